The molecule has 88 valence electrons. The minimum atomic E-state index is -3.19. The highest BCUT2D eigenvalue weighted by molar-refractivity contribution is 7.88. The van der Waals surface area contributed by atoms with Gasteiger partial charge in [-0.15, -0.1) is 0 Å². The fourth-order valence-corrected chi connectivity index (χ4v) is 3.48. The molecule has 0 aromatic heterocycles. The molecular weight excluding hydrogens is 224 g/mol. The maximum absolute atomic E-state index is 12.0. The third kappa shape index (κ3) is 2.61. The van der Waals surface area contributed by atoms with E-state index in [1.165, 1.54) is 4.31 Å². The van der Waals surface area contributed by atoms with Crippen LogP contribution in [-0.2, 0) is 15.8 Å². The Labute approximate surface area is 96.1 Å². The van der Waals surface area contributed by atoms with Gasteiger partial charge in [0.25, 0.3) is 0 Å². The van der Waals surface area contributed by atoms with Crippen molar-refractivity contribution in [3.8, 4) is 0 Å². The van der Waals surface area contributed by atoms with E-state index in [1.54, 1.807) is 0 Å². The number of sulfonamides is 1. The molecule has 0 spiro atoms. The molecule has 1 aromatic carbocycles. The molecule has 1 fully saturated rings. The first kappa shape index (κ1) is 11.6. The van der Waals surface area contributed by atoms with Gasteiger partial charge < -0.3 is 5.73 Å². The third-order valence-electron chi connectivity index (χ3n) is 2.77. The number of hydrogen-bond donors (Lipinski definition) is 1. The molecule has 0 unspecified atom stereocenters. The van der Waals surface area contributed by atoms with Crippen LogP contribution in [-0.4, -0.2) is 31.9 Å². The summed E-state index contributed by atoms with van der Waals surface area (Å²) in [5.74, 6) is 0.0700. The van der Waals surface area contributed by atoms with Crippen LogP contribution in [0.4, 0.5) is 0 Å². The lowest BCUT2D eigenvalue weighted by Gasteiger charge is -2.15. The van der Waals surface area contributed by atoms with Crippen molar-refractivity contribution in [2.24, 2.45) is 5.73 Å². The Bertz CT molecular complexity index is 444. The van der Waals surface area contributed by atoms with Gasteiger partial charge in [-0.3, -0.25) is 0 Å². The van der Waals surface area contributed by atoms with E-state index in [4.69, 9.17) is 5.73 Å². The molecule has 1 heterocycles. The van der Waals surface area contributed by atoms with Crippen molar-refractivity contribution in [2.75, 3.05) is 13.1 Å². The first-order chi connectivity index (χ1) is 7.58. The minimum absolute atomic E-state index is 0.00875. The number of nitrogens with zero attached hydrogens (tertiary/aromatic N) is 1. The molecule has 1 saturated heterocycles. The van der Waals surface area contributed by atoms with Gasteiger partial charge in [-0.2, -0.15) is 0 Å². The van der Waals surface area contributed by atoms with Gasteiger partial charge in [0.2, 0.25) is 10.0 Å². The van der Waals surface area contributed by atoms with E-state index in [1.807, 2.05) is 30.3 Å². The zero-order valence-electron chi connectivity index (χ0n) is 9.04. The molecule has 0 bridgehead atoms. The fourth-order valence-electron chi connectivity index (χ4n) is 1.88. The van der Waals surface area contributed by atoms with E-state index >= 15 is 0 Å². The van der Waals surface area contributed by atoms with Gasteiger partial charge in [0.15, 0.2) is 0 Å². The maximum atomic E-state index is 12.0. The van der Waals surface area contributed by atoms with Crippen LogP contribution in [0.2, 0.25) is 0 Å². The number of hydrogen-bond acceptors (Lipinski definition) is 3. The lowest BCUT2D eigenvalue weighted by Crippen LogP contribution is -2.32. The van der Waals surface area contributed by atoms with Gasteiger partial charge >= 0.3 is 0 Å². The first-order valence-corrected chi connectivity index (χ1v) is 6.96. The average molecular weight is 240 g/mol. The Morgan fingerprint density at radius 3 is 2.56 bits per heavy atom. The van der Waals surface area contributed by atoms with E-state index in [2.05, 4.69) is 0 Å². The Hall–Kier alpha value is -0.910. The van der Waals surface area contributed by atoms with Crippen molar-refractivity contribution in [2.45, 2.75) is 18.2 Å². The molecule has 16 heavy (non-hydrogen) atoms. The fraction of sp³-hybridized carbons (Fsp3) is 0.455. The Morgan fingerprint density at radius 2 is 2.00 bits per heavy atom. The Morgan fingerprint density at radius 1 is 1.31 bits per heavy atom. The normalized spacial score (nSPS) is 22.4. The van der Waals surface area contributed by atoms with Crippen molar-refractivity contribution >= 4 is 10.0 Å². The lowest BCUT2D eigenvalue weighted by molar-refractivity contribution is 0.471. The van der Waals surface area contributed by atoms with E-state index in [0.717, 1.165) is 12.0 Å². The van der Waals surface area contributed by atoms with E-state index in [-0.39, 0.29) is 11.8 Å². The van der Waals surface area contributed by atoms with Crippen LogP contribution in [0.5, 0.6) is 0 Å². The zero-order valence-corrected chi connectivity index (χ0v) is 9.86. The summed E-state index contributed by atoms with van der Waals surface area (Å²) in [5.41, 5.74) is 6.53. The second-order valence-corrected chi connectivity index (χ2v) is 6.12. The molecule has 0 amide bonds. The summed E-state index contributed by atoms with van der Waals surface area (Å²) < 4.78 is 25.5. The molecule has 1 aliphatic heterocycles. The quantitative estimate of drug-likeness (QED) is 0.839. The van der Waals surface area contributed by atoms with Crippen LogP contribution < -0.4 is 5.73 Å². The van der Waals surface area contributed by atoms with Gasteiger partial charge in [-0.25, -0.2) is 12.7 Å². The van der Waals surface area contributed by atoms with Crippen LogP contribution in [0.3, 0.4) is 0 Å². The van der Waals surface area contributed by atoms with Gasteiger partial charge in [0.05, 0.1) is 5.75 Å². The first-order valence-electron chi connectivity index (χ1n) is 5.35. The van der Waals surface area contributed by atoms with Crippen LogP contribution in [0, 0.1) is 0 Å². The molecule has 0 aliphatic carbocycles. The molecule has 2 rings (SSSR count). The summed E-state index contributed by atoms with van der Waals surface area (Å²) in [4.78, 5) is 0. The smallest absolute Gasteiger partial charge is 0.218 e. The van der Waals surface area contributed by atoms with Crippen molar-refractivity contribution in [3.05, 3.63) is 35.9 Å². The largest absolute Gasteiger partial charge is 0.326 e. The van der Waals surface area contributed by atoms with Crippen molar-refractivity contribution in [1.29, 1.82) is 0 Å². The van der Waals surface area contributed by atoms with Gasteiger partial charge in [-0.05, 0) is 12.0 Å². The molecule has 1 aromatic rings. The van der Waals surface area contributed by atoms with Crippen molar-refractivity contribution < 1.29 is 8.42 Å². The predicted octanol–water partition coefficient (Wildman–Crippen LogP) is 0.549. The number of benzene rings is 1. The van der Waals surface area contributed by atoms with Crippen LogP contribution >= 0.6 is 0 Å². The summed E-state index contributed by atoms with van der Waals surface area (Å²) in [6.07, 6.45) is 0.758. The lowest BCUT2D eigenvalue weighted by atomic mass is 10.2. The van der Waals surface area contributed by atoms with E-state index in [9.17, 15) is 8.42 Å². The van der Waals surface area contributed by atoms with Crippen molar-refractivity contribution in [1.82, 2.24) is 4.31 Å². The molecular formula is C11H16N2O2S. The SMILES string of the molecule is N[C@H]1CCN(S(=O)(=O)Cc2ccccc2)C1. The van der Waals surface area contributed by atoms with Crippen LogP contribution in [0.25, 0.3) is 0 Å². The van der Waals surface area contributed by atoms with Gasteiger partial charge in [0.1, 0.15) is 0 Å². The molecule has 2 N–H and O–H groups in total. The Balaban J connectivity index is 2.09. The monoisotopic (exact) mass is 240 g/mol. The highest BCUT2D eigenvalue weighted by Crippen LogP contribution is 2.16. The summed E-state index contributed by atoms with van der Waals surface area (Å²) in [7, 11) is -3.19. The molecule has 5 heteroatoms. The summed E-state index contributed by atoms with van der Waals surface area (Å²) in [5, 5.41) is 0. The molecule has 1 atom stereocenters. The van der Waals surface area contributed by atoms with Crippen LogP contribution in [0.15, 0.2) is 30.3 Å². The minimum Gasteiger partial charge on any atom is -0.326 e. The van der Waals surface area contributed by atoms with E-state index < -0.39 is 10.0 Å². The van der Waals surface area contributed by atoms with Crippen molar-refractivity contribution in [3.63, 3.8) is 0 Å². The van der Waals surface area contributed by atoms with Crippen LogP contribution in [0.1, 0.15) is 12.0 Å². The van der Waals surface area contributed by atoms with Gasteiger partial charge in [0, 0.05) is 19.1 Å². The number of nitrogens with two attached hydrogens (primary N) is 1. The average Bonchev–Trinajstić information content (AvgIpc) is 2.66. The standard InChI is InChI=1S/C11H16N2O2S/c12-11-6-7-13(8-11)16(14,15)9-10-4-2-1-3-5-10/h1-5,11H,6-9,12H2/t11-/m0/s1. The molecule has 0 radical (unpaired) electrons. The molecule has 4 nitrogen and oxygen atoms in total. The summed E-state index contributed by atoms with van der Waals surface area (Å²) >= 11 is 0. The second kappa shape index (κ2) is 4.53. The predicted molar refractivity (Wildman–Crippen MR) is 63.2 cm³/mol. The second-order valence-electron chi connectivity index (χ2n) is 4.15. The summed E-state index contributed by atoms with van der Waals surface area (Å²) in [6, 6.07) is 9.22. The van der Waals surface area contributed by atoms with Gasteiger partial charge in [-0.1, -0.05) is 30.3 Å². The summed E-state index contributed by atoms with van der Waals surface area (Å²) in [6.45, 7) is 1.01. The highest BCUT2D eigenvalue weighted by Gasteiger charge is 2.29. The topological polar surface area (TPSA) is 63.4 Å². The maximum Gasteiger partial charge on any atom is 0.218 e. The van der Waals surface area contributed by atoms with E-state index in [0.29, 0.717) is 13.1 Å². The number of rotatable bonds is 3. The zero-order chi connectivity index (χ0) is 11.6. The Kier molecular flexibility index (Phi) is 3.28. The molecule has 0 saturated carbocycles. The third-order valence-corrected chi connectivity index (χ3v) is 4.59. The highest BCUT2D eigenvalue weighted by atomic mass is 32.2. The molecule has 1 aliphatic rings.